The number of benzene rings is 1. The first-order valence-electron chi connectivity index (χ1n) is 7.50. The third-order valence-corrected chi connectivity index (χ3v) is 4.07. The number of nitrogens with two attached hydrogens (primary N) is 1. The summed E-state index contributed by atoms with van der Waals surface area (Å²) in [6.07, 6.45) is 6.15. The van der Waals surface area contributed by atoms with Gasteiger partial charge in [0.15, 0.2) is 5.96 Å². The number of hydrogen-bond acceptors (Lipinski definition) is 2. The molecule has 0 radical (unpaired) electrons. The molecule has 22 heavy (non-hydrogen) atoms. The molecule has 0 bridgehead atoms. The molecule has 1 aromatic carbocycles. The number of nitrogens with zero attached hydrogens (tertiary/aromatic N) is 2. The molecule has 3 N–H and O–H groups in total. The van der Waals surface area contributed by atoms with E-state index in [1.807, 2.05) is 6.07 Å². The van der Waals surface area contributed by atoms with Crippen LogP contribution in [0.15, 0.2) is 41.5 Å². The van der Waals surface area contributed by atoms with Crippen LogP contribution in [-0.4, -0.2) is 17.5 Å². The Balaban J connectivity index is 1.55. The lowest BCUT2D eigenvalue weighted by Crippen LogP contribution is -2.23. The molecular weight excluding hydrogens is 296 g/mol. The Morgan fingerprint density at radius 1 is 1.23 bits per heavy atom. The lowest BCUT2D eigenvalue weighted by atomic mass is 10.1. The molecule has 1 aliphatic carbocycles. The van der Waals surface area contributed by atoms with Crippen LogP contribution in [0.4, 0.5) is 5.69 Å². The van der Waals surface area contributed by atoms with Gasteiger partial charge in [-0.15, -0.1) is 0 Å². The lowest BCUT2D eigenvalue weighted by molar-refractivity contribution is 0.912. The molecular formula is C17H19ClN4. The number of aromatic nitrogens is 1. The van der Waals surface area contributed by atoms with Gasteiger partial charge in [0.05, 0.1) is 0 Å². The van der Waals surface area contributed by atoms with Gasteiger partial charge in [-0.1, -0.05) is 23.7 Å². The van der Waals surface area contributed by atoms with Crippen LogP contribution in [0.1, 0.15) is 23.1 Å². The Labute approximate surface area is 135 Å². The monoisotopic (exact) mass is 314 g/mol. The van der Waals surface area contributed by atoms with Gasteiger partial charge < -0.3 is 11.1 Å². The maximum Gasteiger partial charge on any atom is 0.193 e. The number of pyridine rings is 1. The number of nitrogens with one attached hydrogen (secondary N) is 1. The maximum absolute atomic E-state index is 5.94. The minimum Gasteiger partial charge on any atom is -0.370 e. The fourth-order valence-electron chi connectivity index (χ4n) is 2.70. The van der Waals surface area contributed by atoms with E-state index < -0.39 is 0 Å². The minimum atomic E-state index is 0.444. The molecule has 5 heteroatoms. The summed E-state index contributed by atoms with van der Waals surface area (Å²) in [5.41, 5.74) is 10.9. The minimum absolute atomic E-state index is 0.444. The van der Waals surface area contributed by atoms with Crippen LogP contribution < -0.4 is 11.1 Å². The van der Waals surface area contributed by atoms with Crippen molar-refractivity contribution >= 4 is 23.2 Å². The average Bonchev–Trinajstić information content (AvgIpc) is 2.97. The maximum atomic E-state index is 5.94. The molecule has 0 amide bonds. The van der Waals surface area contributed by atoms with Gasteiger partial charge in [-0.05, 0) is 60.6 Å². The van der Waals surface area contributed by atoms with E-state index in [2.05, 4.69) is 33.5 Å². The number of aliphatic imine (C=N–C) groups is 1. The zero-order chi connectivity index (χ0) is 15.4. The third kappa shape index (κ3) is 3.77. The largest absolute Gasteiger partial charge is 0.370 e. The molecule has 3 rings (SSSR count). The van der Waals surface area contributed by atoms with Crippen molar-refractivity contribution in [2.45, 2.75) is 25.7 Å². The fraction of sp³-hybridized carbons (Fsp3) is 0.294. The Morgan fingerprint density at radius 3 is 2.91 bits per heavy atom. The predicted molar refractivity (Wildman–Crippen MR) is 91.5 cm³/mol. The number of anilines is 1. The number of halogens is 1. The highest BCUT2D eigenvalue weighted by atomic mass is 35.5. The van der Waals surface area contributed by atoms with Gasteiger partial charge in [0, 0.05) is 18.4 Å². The summed E-state index contributed by atoms with van der Waals surface area (Å²) in [6, 6.07) is 10.2. The Kier molecular flexibility index (Phi) is 4.59. The molecule has 0 fully saturated rings. The van der Waals surface area contributed by atoms with Gasteiger partial charge in [-0.2, -0.15) is 0 Å². The van der Waals surface area contributed by atoms with Crippen LogP contribution in [0, 0.1) is 0 Å². The first kappa shape index (κ1) is 14.9. The Hall–Kier alpha value is -2.07. The van der Waals surface area contributed by atoms with Crippen LogP contribution in [0.5, 0.6) is 0 Å². The second kappa shape index (κ2) is 6.79. The van der Waals surface area contributed by atoms with Crippen molar-refractivity contribution in [1.29, 1.82) is 0 Å². The highest BCUT2D eigenvalue weighted by Crippen LogP contribution is 2.24. The van der Waals surface area contributed by atoms with Crippen molar-refractivity contribution in [1.82, 2.24) is 4.98 Å². The van der Waals surface area contributed by atoms with Crippen molar-refractivity contribution in [3.8, 4) is 0 Å². The molecule has 0 spiro atoms. The quantitative estimate of drug-likeness (QED) is 0.517. The fourth-order valence-corrected chi connectivity index (χ4v) is 2.81. The lowest BCUT2D eigenvalue weighted by Gasteiger charge is -2.08. The van der Waals surface area contributed by atoms with Crippen LogP contribution in [0.25, 0.3) is 0 Å². The summed E-state index contributed by atoms with van der Waals surface area (Å²) >= 11 is 5.76. The first-order valence-corrected chi connectivity index (χ1v) is 7.88. The summed E-state index contributed by atoms with van der Waals surface area (Å²) in [5, 5.41) is 3.66. The number of rotatable bonds is 4. The summed E-state index contributed by atoms with van der Waals surface area (Å²) in [6.45, 7) is 0.618. The highest BCUT2D eigenvalue weighted by molar-refractivity contribution is 6.29. The molecule has 0 unspecified atom stereocenters. The van der Waals surface area contributed by atoms with Crippen LogP contribution in [0.3, 0.4) is 0 Å². The van der Waals surface area contributed by atoms with Gasteiger partial charge in [0.2, 0.25) is 0 Å². The SMILES string of the molecule is NC(=NCCc1ccc(Cl)nc1)Nc1ccc2c(c1)CCC2. The molecule has 114 valence electrons. The number of aryl methyl sites for hydroxylation is 2. The molecule has 0 saturated carbocycles. The zero-order valence-electron chi connectivity index (χ0n) is 12.3. The molecule has 0 atom stereocenters. The standard InChI is InChI=1S/C17H19ClN4/c18-16-7-4-12(11-21-16)8-9-20-17(19)22-15-6-5-13-2-1-3-14(13)10-15/h4-7,10-11H,1-3,8-9H2,(H3,19,20,22). The van der Waals surface area contributed by atoms with E-state index in [1.54, 1.807) is 12.3 Å². The summed E-state index contributed by atoms with van der Waals surface area (Å²) in [5.74, 6) is 0.444. The van der Waals surface area contributed by atoms with E-state index in [0.717, 1.165) is 24.1 Å². The highest BCUT2D eigenvalue weighted by Gasteiger charge is 2.10. The molecule has 1 aromatic heterocycles. The van der Waals surface area contributed by atoms with Crippen molar-refractivity contribution in [2.24, 2.45) is 10.7 Å². The van der Waals surface area contributed by atoms with E-state index in [4.69, 9.17) is 17.3 Å². The van der Waals surface area contributed by atoms with E-state index in [-0.39, 0.29) is 0 Å². The smallest absolute Gasteiger partial charge is 0.193 e. The normalized spacial score (nSPS) is 14.0. The summed E-state index contributed by atoms with van der Waals surface area (Å²) in [4.78, 5) is 8.40. The third-order valence-electron chi connectivity index (χ3n) is 3.84. The van der Waals surface area contributed by atoms with Crippen molar-refractivity contribution in [3.63, 3.8) is 0 Å². The van der Waals surface area contributed by atoms with E-state index >= 15 is 0 Å². The van der Waals surface area contributed by atoms with Gasteiger partial charge in [0.1, 0.15) is 5.15 Å². The van der Waals surface area contributed by atoms with Crippen molar-refractivity contribution in [3.05, 3.63) is 58.4 Å². The molecule has 1 heterocycles. The van der Waals surface area contributed by atoms with E-state index in [1.165, 1.54) is 24.0 Å². The summed E-state index contributed by atoms with van der Waals surface area (Å²) < 4.78 is 0. The van der Waals surface area contributed by atoms with Crippen molar-refractivity contribution < 1.29 is 0 Å². The Morgan fingerprint density at radius 2 is 2.09 bits per heavy atom. The molecule has 1 aliphatic rings. The first-order chi connectivity index (χ1) is 10.7. The number of hydrogen-bond donors (Lipinski definition) is 2. The van der Waals surface area contributed by atoms with Crippen LogP contribution in [-0.2, 0) is 19.3 Å². The molecule has 0 aliphatic heterocycles. The van der Waals surface area contributed by atoms with Gasteiger partial charge in [0.25, 0.3) is 0 Å². The second-order valence-corrected chi connectivity index (χ2v) is 5.86. The number of guanidine groups is 1. The predicted octanol–water partition coefficient (Wildman–Crippen LogP) is 3.19. The van der Waals surface area contributed by atoms with Crippen molar-refractivity contribution in [2.75, 3.05) is 11.9 Å². The molecule has 2 aromatic rings. The van der Waals surface area contributed by atoms with E-state index in [9.17, 15) is 0 Å². The van der Waals surface area contributed by atoms with Crippen LogP contribution in [0.2, 0.25) is 5.15 Å². The zero-order valence-corrected chi connectivity index (χ0v) is 13.1. The number of fused-ring (bicyclic) bond motifs is 1. The Bertz CT molecular complexity index is 680. The average molecular weight is 315 g/mol. The molecule has 4 nitrogen and oxygen atoms in total. The second-order valence-electron chi connectivity index (χ2n) is 5.47. The van der Waals surface area contributed by atoms with Crippen LogP contribution >= 0.6 is 11.6 Å². The van der Waals surface area contributed by atoms with E-state index in [0.29, 0.717) is 17.7 Å². The van der Waals surface area contributed by atoms with Gasteiger partial charge >= 0.3 is 0 Å². The summed E-state index contributed by atoms with van der Waals surface area (Å²) in [7, 11) is 0. The van der Waals surface area contributed by atoms with Gasteiger partial charge in [-0.25, -0.2) is 4.98 Å². The topological polar surface area (TPSA) is 63.3 Å². The molecule has 0 saturated heterocycles. The van der Waals surface area contributed by atoms with Gasteiger partial charge in [-0.3, -0.25) is 4.99 Å².